The number of nitrogens with zero attached hydrogens (tertiary/aromatic N) is 1. The summed E-state index contributed by atoms with van der Waals surface area (Å²) in [5, 5.41) is 2.43. The van der Waals surface area contributed by atoms with Crippen molar-refractivity contribution in [1.29, 1.82) is 0 Å². The summed E-state index contributed by atoms with van der Waals surface area (Å²) in [6.45, 7) is 6.24. The molecule has 1 aromatic heterocycles. The minimum atomic E-state index is -1.89. The third-order valence-electron chi connectivity index (χ3n) is 4.08. The standard InChI is InChI=1S/C22H28N2O11/c1-11-7-8-23-18(9-11)24-22(30)21(35-16(6)29)20(34-15(5)28)19(33-14(4)27)17(32-13(3)26)10-31-12(2)25/h7-9,17,19-21H,10H2,1-6H3,(H,23,24,30). The molecule has 1 N–H and O–H groups in total. The molecule has 0 radical (unpaired) electrons. The molecule has 1 aromatic rings. The highest BCUT2D eigenvalue weighted by Gasteiger charge is 2.47. The van der Waals surface area contributed by atoms with Crippen molar-refractivity contribution >= 4 is 41.6 Å². The number of esters is 5. The van der Waals surface area contributed by atoms with Crippen LogP contribution < -0.4 is 5.32 Å². The smallest absolute Gasteiger partial charge is 0.303 e. The average molecular weight is 496 g/mol. The van der Waals surface area contributed by atoms with Gasteiger partial charge in [0.2, 0.25) is 6.10 Å². The van der Waals surface area contributed by atoms with E-state index >= 15 is 0 Å². The highest BCUT2D eigenvalue weighted by atomic mass is 16.6. The van der Waals surface area contributed by atoms with Crippen LogP contribution in [0.1, 0.15) is 40.2 Å². The van der Waals surface area contributed by atoms with Crippen LogP contribution in [0.4, 0.5) is 5.82 Å². The Morgan fingerprint density at radius 2 is 1.34 bits per heavy atom. The first kappa shape index (κ1) is 29.0. The SMILES string of the molecule is CC(=O)OCC(OC(C)=O)C(OC(C)=O)C(OC(C)=O)C(OC(C)=O)C(=O)Nc1cc(C)ccn1. The number of aromatic nitrogens is 1. The van der Waals surface area contributed by atoms with Gasteiger partial charge in [0.05, 0.1) is 0 Å². The van der Waals surface area contributed by atoms with Crippen molar-refractivity contribution in [2.45, 2.75) is 66.0 Å². The van der Waals surface area contributed by atoms with E-state index in [0.29, 0.717) is 0 Å². The van der Waals surface area contributed by atoms with E-state index < -0.39 is 66.8 Å². The first-order valence-corrected chi connectivity index (χ1v) is 10.4. The molecule has 0 spiro atoms. The third kappa shape index (κ3) is 10.6. The predicted octanol–water partition coefficient (Wildman–Crippen LogP) is 0.618. The summed E-state index contributed by atoms with van der Waals surface area (Å²) < 4.78 is 25.6. The van der Waals surface area contributed by atoms with Gasteiger partial charge in [0, 0.05) is 40.8 Å². The van der Waals surface area contributed by atoms with E-state index in [1.54, 1.807) is 13.0 Å². The fourth-order valence-electron chi connectivity index (χ4n) is 2.90. The normalized spacial score (nSPS) is 13.8. The second-order valence-electron chi connectivity index (χ2n) is 7.34. The highest BCUT2D eigenvalue weighted by molar-refractivity contribution is 5.95. The zero-order chi connectivity index (χ0) is 26.7. The van der Waals surface area contributed by atoms with E-state index in [-0.39, 0.29) is 5.82 Å². The molecule has 13 nitrogen and oxygen atoms in total. The Morgan fingerprint density at radius 3 is 1.83 bits per heavy atom. The number of anilines is 1. The number of aryl methyl sites for hydroxylation is 1. The van der Waals surface area contributed by atoms with Crippen molar-refractivity contribution in [3.05, 3.63) is 23.9 Å². The molecule has 0 fully saturated rings. The van der Waals surface area contributed by atoms with Gasteiger partial charge in [-0.1, -0.05) is 0 Å². The van der Waals surface area contributed by atoms with Crippen LogP contribution in [0, 0.1) is 6.92 Å². The van der Waals surface area contributed by atoms with Crippen molar-refractivity contribution < 1.29 is 52.5 Å². The van der Waals surface area contributed by atoms with E-state index in [1.165, 1.54) is 12.3 Å². The molecule has 1 rings (SSSR count). The lowest BCUT2D eigenvalue weighted by atomic mass is 10.0. The summed E-state index contributed by atoms with van der Waals surface area (Å²) in [4.78, 5) is 75.8. The molecule has 4 atom stereocenters. The highest BCUT2D eigenvalue weighted by Crippen LogP contribution is 2.21. The number of rotatable bonds is 11. The van der Waals surface area contributed by atoms with Crippen LogP contribution >= 0.6 is 0 Å². The van der Waals surface area contributed by atoms with E-state index in [4.69, 9.17) is 23.7 Å². The number of carbonyl (C=O) groups is 6. The lowest BCUT2D eigenvalue weighted by Crippen LogP contribution is -2.56. The molecular weight excluding hydrogens is 468 g/mol. The minimum Gasteiger partial charge on any atom is -0.462 e. The first-order chi connectivity index (χ1) is 16.3. The lowest BCUT2D eigenvalue weighted by Gasteiger charge is -2.34. The second kappa shape index (κ2) is 13.6. The van der Waals surface area contributed by atoms with Gasteiger partial charge in [-0.3, -0.25) is 28.8 Å². The van der Waals surface area contributed by atoms with Crippen LogP contribution in [0.3, 0.4) is 0 Å². The molecule has 13 heteroatoms. The van der Waals surface area contributed by atoms with Crippen molar-refractivity contribution in [2.24, 2.45) is 0 Å². The van der Waals surface area contributed by atoms with Crippen molar-refractivity contribution in [3.8, 4) is 0 Å². The zero-order valence-electron chi connectivity index (χ0n) is 20.2. The molecule has 1 amide bonds. The van der Waals surface area contributed by atoms with E-state index in [0.717, 1.165) is 40.2 Å². The number of ether oxygens (including phenoxy) is 5. The van der Waals surface area contributed by atoms with Gasteiger partial charge in [0.15, 0.2) is 18.3 Å². The Balaban J connectivity index is 3.53. The Morgan fingerprint density at radius 1 is 0.800 bits per heavy atom. The Hall–Kier alpha value is -4.03. The Labute approximate surface area is 201 Å². The van der Waals surface area contributed by atoms with Gasteiger partial charge in [0.1, 0.15) is 12.4 Å². The summed E-state index contributed by atoms with van der Waals surface area (Å²) in [5.41, 5.74) is 0.755. The van der Waals surface area contributed by atoms with Crippen LogP contribution in [0.25, 0.3) is 0 Å². The summed E-state index contributed by atoms with van der Waals surface area (Å²) in [6.07, 6.45) is -5.54. The maximum Gasteiger partial charge on any atom is 0.303 e. The molecule has 0 aromatic carbocycles. The molecule has 0 saturated carbocycles. The van der Waals surface area contributed by atoms with Gasteiger partial charge in [-0.25, -0.2) is 4.98 Å². The molecule has 0 aliphatic heterocycles. The molecule has 1 heterocycles. The third-order valence-corrected chi connectivity index (χ3v) is 4.08. The molecule has 0 aliphatic carbocycles. The molecule has 0 bridgehead atoms. The predicted molar refractivity (Wildman–Crippen MR) is 116 cm³/mol. The summed E-state index contributed by atoms with van der Waals surface area (Å²) in [7, 11) is 0. The number of amides is 1. The molecule has 35 heavy (non-hydrogen) atoms. The van der Waals surface area contributed by atoms with E-state index in [1.807, 2.05) is 0 Å². The van der Waals surface area contributed by atoms with Crippen molar-refractivity contribution in [1.82, 2.24) is 4.98 Å². The number of carbonyl (C=O) groups excluding carboxylic acids is 6. The van der Waals surface area contributed by atoms with Crippen LogP contribution in [-0.4, -0.2) is 71.8 Å². The van der Waals surface area contributed by atoms with Crippen LogP contribution in [0.15, 0.2) is 18.3 Å². The summed E-state index contributed by atoms with van der Waals surface area (Å²) in [6, 6.07) is 3.20. The van der Waals surface area contributed by atoms with Crippen LogP contribution in [0.2, 0.25) is 0 Å². The van der Waals surface area contributed by atoms with Crippen LogP contribution in [-0.2, 0) is 52.5 Å². The molecule has 192 valence electrons. The van der Waals surface area contributed by atoms with Gasteiger partial charge in [0.25, 0.3) is 5.91 Å². The summed E-state index contributed by atoms with van der Waals surface area (Å²) in [5.74, 6) is -5.32. The summed E-state index contributed by atoms with van der Waals surface area (Å²) >= 11 is 0. The van der Waals surface area contributed by atoms with Gasteiger partial charge in [-0.05, 0) is 24.6 Å². The van der Waals surface area contributed by atoms with Crippen molar-refractivity contribution in [3.63, 3.8) is 0 Å². The molecule has 0 aliphatic rings. The first-order valence-electron chi connectivity index (χ1n) is 10.4. The molecular formula is C22H28N2O11. The maximum absolute atomic E-state index is 13.1. The van der Waals surface area contributed by atoms with Gasteiger partial charge in [-0.15, -0.1) is 0 Å². The minimum absolute atomic E-state index is 0.0919. The fourth-order valence-corrected chi connectivity index (χ4v) is 2.90. The quantitative estimate of drug-likeness (QED) is 0.335. The second-order valence-corrected chi connectivity index (χ2v) is 7.34. The number of hydrogen-bond donors (Lipinski definition) is 1. The molecule has 4 unspecified atom stereocenters. The fraction of sp³-hybridized carbons (Fsp3) is 0.500. The number of nitrogens with one attached hydrogen (secondary N) is 1. The molecule has 0 saturated heterocycles. The van der Waals surface area contributed by atoms with Gasteiger partial charge < -0.3 is 29.0 Å². The van der Waals surface area contributed by atoms with E-state index in [9.17, 15) is 28.8 Å². The largest absolute Gasteiger partial charge is 0.462 e. The topological polar surface area (TPSA) is 173 Å². The lowest BCUT2D eigenvalue weighted by molar-refractivity contribution is -0.202. The monoisotopic (exact) mass is 496 g/mol. The van der Waals surface area contributed by atoms with Gasteiger partial charge >= 0.3 is 29.8 Å². The van der Waals surface area contributed by atoms with Gasteiger partial charge in [-0.2, -0.15) is 0 Å². The zero-order valence-corrected chi connectivity index (χ0v) is 20.2. The van der Waals surface area contributed by atoms with E-state index in [2.05, 4.69) is 10.3 Å². The Bertz CT molecular complexity index is 962. The maximum atomic E-state index is 13.1. The number of hydrogen-bond acceptors (Lipinski definition) is 12. The van der Waals surface area contributed by atoms with Crippen molar-refractivity contribution in [2.75, 3.05) is 11.9 Å². The van der Waals surface area contributed by atoms with Crippen LogP contribution in [0.5, 0.6) is 0 Å². The number of pyridine rings is 1. The Kier molecular flexibility index (Phi) is 11.3. The average Bonchev–Trinajstić information content (AvgIpc) is 2.71.